The number of carbonyl (C=O) groups excluding carboxylic acids is 2. The highest BCUT2D eigenvalue weighted by atomic mass is 16.6. The maximum Gasteiger partial charge on any atom is 0.312 e. The molecule has 0 fully saturated rings. The Morgan fingerprint density at radius 2 is 1.56 bits per heavy atom. The van der Waals surface area contributed by atoms with E-state index in [-0.39, 0.29) is 28.0 Å². The van der Waals surface area contributed by atoms with E-state index in [9.17, 15) is 19.7 Å². The normalized spacial score (nSPS) is 13.4. The van der Waals surface area contributed by atoms with Gasteiger partial charge in [-0.3, -0.25) is 25.0 Å². The molecule has 0 atom stereocenters. The summed E-state index contributed by atoms with van der Waals surface area (Å²) in [5.74, 6) is -0.926. The number of nitro groups is 1. The van der Waals surface area contributed by atoms with Crippen molar-refractivity contribution in [1.29, 1.82) is 0 Å². The summed E-state index contributed by atoms with van der Waals surface area (Å²) in [6.07, 6.45) is 0. The molecule has 7 nitrogen and oxygen atoms in total. The van der Waals surface area contributed by atoms with Crippen molar-refractivity contribution < 1.29 is 19.2 Å². The summed E-state index contributed by atoms with van der Waals surface area (Å²) in [5.41, 5.74) is 0.733. The highest BCUT2D eigenvalue weighted by Gasteiger charge is 2.32. The van der Waals surface area contributed by atoms with Crippen molar-refractivity contribution >= 4 is 17.5 Å². The lowest BCUT2D eigenvalue weighted by Gasteiger charge is -2.19. The minimum atomic E-state index is -0.649. The SMILES string of the molecule is CC(C)(C)c1ccc(Oc2cc3c(cc2[N+](=O)[O-])C(=O)NC3=O)cc1. The smallest absolute Gasteiger partial charge is 0.312 e. The van der Waals surface area contributed by atoms with Gasteiger partial charge in [0.05, 0.1) is 16.1 Å². The number of hydrogen-bond acceptors (Lipinski definition) is 5. The standard InChI is InChI=1S/C18H16N2O5/c1-18(2,3)10-4-6-11(7-5-10)25-15-9-13-12(8-14(15)20(23)24)16(21)19-17(13)22/h4-9H,1-3H3,(H,19,21,22). The monoisotopic (exact) mass is 340 g/mol. The molecule has 1 heterocycles. The molecule has 0 radical (unpaired) electrons. The first-order valence-electron chi connectivity index (χ1n) is 7.63. The van der Waals surface area contributed by atoms with Crippen molar-refractivity contribution in [3.63, 3.8) is 0 Å². The molecule has 2 amide bonds. The molecule has 0 saturated carbocycles. The molecular formula is C18H16N2O5. The van der Waals surface area contributed by atoms with Crippen LogP contribution < -0.4 is 10.1 Å². The van der Waals surface area contributed by atoms with Crippen LogP contribution >= 0.6 is 0 Å². The van der Waals surface area contributed by atoms with Crippen molar-refractivity contribution in [3.8, 4) is 11.5 Å². The second-order valence-electron chi connectivity index (χ2n) is 6.78. The zero-order valence-electron chi connectivity index (χ0n) is 14.0. The maximum absolute atomic E-state index is 11.8. The van der Waals surface area contributed by atoms with Crippen LogP contribution in [0.3, 0.4) is 0 Å². The van der Waals surface area contributed by atoms with Gasteiger partial charge in [-0.1, -0.05) is 32.9 Å². The number of benzene rings is 2. The largest absolute Gasteiger partial charge is 0.450 e. The summed E-state index contributed by atoms with van der Waals surface area (Å²) in [4.78, 5) is 34.1. The number of carbonyl (C=O) groups is 2. The highest BCUT2D eigenvalue weighted by Crippen LogP contribution is 2.36. The molecule has 0 saturated heterocycles. The van der Waals surface area contributed by atoms with E-state index in [1.165, 1.54) is 6.07 Å². The molecule has 0 spiro atoms. The van der Waals surface area contributed by atoms with Gasteiger partial charge >= 0.3 is 5.69 Å². The minimum Gasteiger partial charge on any atom is -0.450 e. The van der Waals surface area contributed by atoms with Crippen LogP contribution in [0.1, 0.15) is 47.1 Å². The third kappa shape index (κ3) is 3.08. The number of rotatable bonds is 3. The number of imide groups is 1. The Labute approximate surface area is 143 Å². The summed E-state index contributed by atoms with van der Waals surface area (Å²) in [5, 5.41) is 13.4. The van der Waals surface area contributed by atoms with Crippen LogP contribution in [0.2, 0.25) is 0 Å². The van der Waals surface area contributed by atoms with E-state index in [4.69, 9.17) is 4.74 Å². The van der Waals surface area contributed by atoms with Crippen molar-refractivity contribution in [1.82, 2.24) is 5.32 Å². The van der Waals surface area contributed by atoms with Crippen LogP contribution in [-0.4, -0.2) is 16.7 Å². The predicted octanol–water partition coefficient (Wildman–Crippen LogP) is 3.57. The Bertz CT molecular complexity index is 895. The third-order valence-electron chi connectivity index (χ3n) is 3.96. The topological polar surface area (TPSA) is 98.5 Å². The van der Waals surface area contributed by atoms with Gasteiger partial charge < -0.3 is 4.74 Å². The quantitative estimate of drug-likeness (QED) is 0.523. The van der Waals surface area contributed by atoms with E-state index in [0.29, 0.717) is 5.75 Å². The number of amides is 2. The fourth-order valence-electron chi connectivity index (χ4n) is 2.56. The first-order chi connectivity index (χ1) is 11.7. The van der Waals surface area contributed by atoms with Crippen LogP contribution in [0.25, 0.3) is 0 Å². The van der Waals surface area contributed by atoms with Gasteiger partial charge in [0.15, 0.2) is 0 Å². The number of nitrogens with one attached hydrogen (secondary N) is 1. The minimum absolute atomic E-state index is 0.0212. The molecule has 7 heteroatoms. The zero-order chi connectivity index (χ0) is 18.4. The van der Waals surface area contributed by atoms with Crippen molar-refractivity contribution in [2.24, 2.45) is 0 Å². The summed E-state index contributed by atoms with van der Waals surface area (Å²) in [7, 11) is 0. The Morgan fingerprint density at radius 1 is 1.00 bits per heavy atom. The van der Waals surface area contributed by atoms with Gasteiger partial charge in [0, 0.05) is 12.1 Å². The molecule has 1 aliphatic heterocycles. The van der Waals surface area contributed by atoms with E-state index in [1.54, 1.807) is 12.1 Å². The van der Waals surface area contributed by atoms with Crippen molar-refractivity contribution in [2.45, 2.75) is 26.2 Å². The number of nitrogens with zero attached hydrogens (tertiary/aromatic N) is 1. The van der Waals surface area contributed by atoms with Crippen LogP contribution in [0.5, 0.6) is 11.5 Å². The molecule has 0 aliphatic carbocycles. The maximum atomic E-state index is 11.8. The Morgan fingerprint density at radius 3 is 2.08 bits per heavy atom. The van der Waals surface area contributed by atoms with E-state index < -0.39 is 16.7 Å². The van der Waals surface area contributed by atoms with Gasteiger partial charge in [-0.15, -0.1) is 0 Å². The molecule has 1 N–H and O–H groups in total. The van der Waals surface area contributed by atoms with Crippen LogP contribution in [0, 0.1) is 10.1 Å². The van der Waals surface area contributed by atoms with Gasteiger partial charge in [-0.05, 0) is 23.1 Å². The fraction of sp³-hybridized carbons (Fsp3) is 0.222. The lowest BCUT2D eigenvalue weighted by Crippen LogP contribution is -2.19. The highest BCUT2D eigenvalue weighted by molar-refractivity contribution is 6.22. The number of nitro benzene ring substituents is 1. The molecule has 3 rings (SSSR count). The average Bonchev–Trinajstić information content (AvgIpc) is 2.80. The molecule has 0 unspecified atom stereocenters. The molecule has 25 heavy (non-hydrogen) atoms. The van der Waals surface area contributed by atoms with Gasteiger partial charge in [0.25, 0.3) is 11.8 Å². The molecule has 2 aromatic rings. The molecule has 128 valence electrons. The lowest BCUT2D eigenvalue weighted by atomic mass is 9.87. The summed E-state index contributed by atoms with van der Waals surface area (Å²) < 4.78 is 5.61. The van der Waals surface area contributed by atoms with E-state index >= 15 is 0 Å². The van der Waals surface area contributed by atoms with Gasteiger partial charge in [-0.2, -0.15) is 0 Å². The molecule has 0 bridgehead atoms. The second-order valence-corrected chi connectivity index (χ2v) is 6.78. The Balaban J connectivity index is 2.00. The number of hydrogen-bond donors (Lipinski definition) is 1. The van der Waals surface area contributed by atoms with Gasteiger partial charge in [0.1, 0.15) is 5.75 Å². The molecule has 0 aromatic heterocycles. The first-order valence-corrected chi connectivity index (χ1v) is 7.63. The van der Waals surface area contributed by atoms with E-state index in [2.05, 4.69) is 26.1 Å². The van der Waals surface area contributed by atoms with Gasteiger partial charge in [-0.25, -0.2) is 0 Å². The lowest BCUT2D eigenvalue weighted by molar-refractivity contribution is -0.385. The first kappa shape index (κ1) is 16.6. The van der Waals surface area contributed by atoms with Crippen LogP contribution in [0.4, 0.5) is 5.69 Å². The molecular weight excluding hydrogens is 324 g/mol. The average molecular weight is 340 g/mol. The molecule has 2 aromatic carbocycles. The Hall–Kier alpha value is -3.22. The second kappa shape index (κ2) is 5.70. The molecule has 1 aliphatic rings. The van der Waals surface area contributed by atoms with Gasteiger partial charge in [0.2, 0.25) is 5.75 Å². The summed E-state index contributed by atoms with van der Waals surface area (Å²) >= 11 is 0. The predicted molar refractivity (Wildman–Crippen MR) is 90.1 cm³/mol. The Kier molecular flexibility index (Phi) is 3.79. The van der Waals surface area contributed by atoms with Crippen molar-refractivity contribution in [3.05, 3.63) is 63.2 Å². The third-order valence-corrected chi connectivity index (χ3v) is 3.96. The van der Waals surface area contributed by atoms with Crippen molar-refractivity contribution in [2.75, 3.05) is 0 Å². The summed E-state index contributed by atoms with van der Waals surface area (Å²) in [6, 6.07) is 9.47. The number of fused-ring (bicyclic) bond motifs is 1. The van der Waals surface area contributed by atoms with E-state index in [1.807, 2.05) is 12.1 Å². The number of ether oxygens (including phenoxy) is 1. The van der Waals surface area contributed by atoms with Crippen LogP contribution in [-0.2, 0) is 5.41 Å². The fourth-order valence-corrected chi connectivity index (χ4v) is 2.56. The van der Waals surface area contributed by atoms with Crippen LogP contribution in [0.15, 0.2) is 36.4 Å². The zero-order valence-corrected chi connectivity index (χ0v) is 14.0. The summed E-state index contributed by atoms with van der Waals surface area (Å²) in [6.45, 7) is 6.22. The van der Waals surface area contributed by atoms with E-state index in [0.717, 1.165) is 11.6 Å².